The van der Waals surface area contributed by atoms with Crippen molar-refractivity contribution >= 4 is 13.5 Å². The highest BCUT2D eigenvalue weighted by Crippen LogP contribution is 2.23. The van der Waals surface area contributed by atoms with Gasteiger partial charge in [-0.05, 0) is 48.8 Å². The van der Waals surface area contributed by atoms with E-state index in [2.05, 4.69) is 39.1 Å². The van der Waals surface area contributed by atoms with Gasteiger partial charge < -0.3 is 4.43 Å². The summed E-state index contributed by atoms with van der Waals surface area (Å²) in [6.07, 6.45) is 0. The van der Waals surface area contributed by atoms with Crippen molar-refractivity contribution in [2.45, 2.75) is 33.5 Å². The summed E-state index contributed by atoms with van der Waals surface area (Å²) in [5.41, 5.74) is 4.25. The van der Waals surface area contributed by atoms with Gasteiger partial charge in [0.05, 0.1) is 6.61 Å². The molecule has 1 aromatic carbocycles. The van der Waals surface area contributed by atoms with Crippen LogP contribution in [-0.4, -0.2) is 8.32 Å². The molecular weight excluding hydrogens is 176 g/mol. The molecule has 0 spiro atoms. The quantitative estimate of drug-likeness (QED) is 0.573. The van der Waals surface area contributed by atoms with Crippen LogP contribution in [0.4, 0.5) is 0 Å². The minimum Gasteiger partial charge on any atom is -0.409 e. The van der Waals surface area contributed by atoms with E-state index in [4.69, 9.17) is 4.43 Å². The average Bonchev–Trinajstić information content (AvgIpc) is 2.36. The number of hydrogen-bond donors (Lipinski definition) is 0. The van der Waals surface area contributed by atoms with Crippen molar-refractivity contribution in [3.63, 3.8) is 0 Å². The first kappa shape index (κ1) is 8.97. The lowest BCUT2D eigenvalue weighted by Gasteiger charge is -2.17. The third-order valence-electron chi connectivity index (χ3n) is 2.93. The Hall–Kier alpha value is -0.603. The van der Waals surface area contributed by atoms with Crippen molar-refractivity contribution in [2.75, 3.05) is 0 Å². The number of rotatable bonds is 0. The van der Waals surface area contributed by atoms with Gasteiger partial charge in [-0.1, -0.05) is 12.1 Å². The largest absolute Gasteiger partial charge is 0.409 e. The number of fused-ring (bicyclic) bond motifs is 1. The van der Waals surface area contributed by atoms with Crippen molar-refractivity contribution in [1.82, 2.24) is 0 Å². The van der Waals surface area contributed by atoms with Crippen molar-refractivity contribution in [1.29, 1.82) is 0 Å². The Morgan fingerprint density at radius 1 is 1.15 bits per heavy atom. The zero-order valence-electron chi connectivity index (χ0n) is 8.77. The summed E-state index contributed by atoms with van der Waals surface area (Å²) in [7, 11) is -1.54. The smallest absolute Gasteiger partial charge is 0.219 e. The van der Waals surface area contributed by atoms with Gasteiger partial charge in [0.25, 0.3) is 0 Å². The minimum absolute atomic E-state index is 0.835. The second-order valence-electron chi connectivity index (χ2n) is 4.35. The van der Waals surface area contributed by atoms with Crippen molar-refractivity contribution < 1.29 is 4.43 Å². The van der Waals surface area contributed by atoms with Crippen LogP contribution in [0, 0.1) is 13.8 Å². The molecule has 0 bridgehead atoms. The van der Waals surface area contributed by atoms with Crippen LogP contribution in [0.5, 0.6) is 0 Å². The van der Waals surface area contributed by atoms with Gasteiger partial charge in [-0.25, -0.2) is 0 Å². The van der Waals surface area contributed by atoms with E-state index in [0.29, 0.717) is 0 Å². The van der Waals surface area contributed by atoms with Gasteiger partial charge in [-0.15, -0.1) is 0 Å². The molecule has 0 amide bonds. The Balaban J connectivity index is 2.70. The molecule has 1 heterocycles. The molecule has 0 unspecified atom stereocenters. The minimum atomic E-state index is -1.54. The molecule has 13 heavy (non-hydrogen) atoms. The highest BCUT2D eigenvalue weighted by molar-refractivity contribution is 6.85. The van der Waals surface area contributed by atoms with Gasteiger partial charge in [0.15, 0.2) is 0 Å². The average molecular weight is 192 g/mol. The highest BCUT2D eigenvalue weighted by atomic mass is 28.4. The first-order valence-corrected chi connectivity index (χ1v) is 7.67. The van der Waals surface area contributed by atoms with E-state index < -0.39 is 8.32 Å². The summed E-state index contributed by atoms with van der Waals surface area (Å²) in [6, 6.07) is 4.42. The van der Waals surface area contributed by atoms with E-state index in [1.165, 1.54) is 21.9 Å². The maximum atomic E-state index is 5.91. The fourth-order valence-corrected chi connectivity index (χ4v) is 4.90. The summed E-state index contributed by atoms with van der Waals surface area (Å²) in [5, 5.41) is 1.53. The van der Waals surface area contributed by atoms with Crippen LogP contribution in [0.2, 0.25) is 13.1 Å². The summed E-state index contributed by atoms with van der Waals surface area (Å²) in [5.74, 6) is 0. The van der Waals surface area contributed by atoms with Crippen LogP contribution in [0.3, 0.4) is 0 Å². The maximum Gasteiger partial charge on any atom is 0.219 e. The van der Waals surface area contributed by atoms with E-state index in [1.807, 2.05) is 0 Å². The Morgan fingerprint density at radius 3 is 2.38 bits per heavy atom. The topological polar surface area (TPSA) is 9.23 Å². The third-order valence-corrected chi connectivity index (χ3v) is 5.70. The van der Waals surface area contributed by atoms with Crippen LogP contribution in [-0.2, 0) is 11.0 Å². The van der Waals surface area contributed by atoms with Crippen LogP contribution in [0.25, 0.3) is 0 Å². The molecule has 0 fully saturated rings. The van der Waals surface area contributed by atoms with Gasteiger partial charge in [-0.3, -0.25) is 0 Å². The number of benzene rings is 1. The lowest BCUT2D eigenvalue weighted by atomic mass is 10.1. The summed E-state index contributed by atoms with van der Waals surface area (Å²) in [4.78, 5) is 0. The standard InChI is InChI=1S/C11H16OSi/c1-8-5-6-9(2)11-10(8)7-12-13(11,3)4/h5-6H,7H2,1-4H3. The third kappa shape index (κ3) is 1.25. The number of aryl methyl sites for hydroxylation is 2. The molecular formula is C11H16OSi. The van der Waals surface area contributed by atoms with Crippen molar-refractivity contribution in [2.24, 2.45) is 0 Å². The Morgan fingerprint density at radius 2 is 1.77 bits per heavy atom. The first-order chi connectivity index (χ1) is 6.02. The highest BCUT2D eigenvalue weighted by Gasteiger charge is 2.35. The van der Waals surface area contributed by atoms with E-state index >= 15 is 0 Å². The Labute approximate surface area is 80.9 Å². The van der Waals surface area contributed by atoms with Gasteiger partial charge in [-0.2, -0.15) is 0 Å². The van der Waals surface area contributed by atoms with Crippen molar-refractivity contribution in [3.8, 4) is 0 Å². The number of hydrogen-bond acceptors (Lipinski definition) is 1. The second-order valence-corrected chi connectivity index (χ2v) is 8.16. The van der Waals surface area contributed by atoms with Crippen molar-refractivity contribution in [3.05, 3.63) is 28.8 Å². The predicted octanol–water partition coefficient (Wildman–Crippen LogP) is 2.25. The molecule has 0 N–H and O–H groups in total. The zero-order valence-corrected chi connectivity index (χ0v) is 9.77. The van der Waals surface area contributed by atoms with E-state index in [0.717, 1.165) is 6.61 Å². The van der Waals surface area contributed by atoms with E-state index in [9.17, 15) is 0 Å². The lowest BCUT2D eigenvalue weighted by Crippen LogP contribution is -2.41. The SMILES string of the molecule is Cc1ccc(C)c2c1CO[Si]2(C)C. The molecule has 2 rings (SSSR count). The lowest BCUT2D eigenvalue weighted by molar-refractivity contribution is 0.319. The Kier molecular flexibility index (Phi) is 1.86. The molecule has 1 nitrogen and oxygen atoms in total. The first-order valence-electron chi connectivity index (χ1n) is 4.76. The van der Waals surface area contributed by atoms with Crippen LogP contribution < -0.4 is 5.19 Å². The van der Waals surface area contributed by atoms with E-state index in [1.54, 1.807) is 0 Å². The molecule has 0 saturated carbocycles. The van der Waals surface area contributed by atoms with Gasteiger partial charge >= 0.3 is 0 Å². The molecule has 2 heteroatoms. The van der Waals surface area contributed by atoms with Crippen LogP contribution >= 0.6 is 0 Å². The zero-order chi connectivity index (χ0) is 9.64. The van der Waals surface area contributed by atoms with Crippen LogP contribution in [0.15, 0.2) is 12.1 Å². The van der Waals surface area contributed by atoms with Gasteiger partial charge in [0.1, 0.15) is 0 Å². The molecule has 0 saturated heterocycles. The molecule has 1 aliphatic rings. The fraction of sp³-hybridized carbons (Fsp3) is 0.455. The molecule has 1 aliphatic heterocycles. The van der Waals surface area contributed by atoms with Crippen LogP contribution in [0.1, 0.15) is 16.7 Å². The molecule has 1 aromatic rings. The summed E-state index contributed by atoms with van der Waals surface area (Å²) >= 11 is 0. The molecule has 0 atom stereocenters. The van der Waals surface area contributed by atoms with E-state index in [-0.39, 0.29) is 0 Å². The summed E-state index contributed by atoms with van der Waals surface area (Å²) < 4.78 is 5.91. The summed E-state index contributed by atoms with van der Waals surface area (Å²) in [6.45, 7) is 9.78. The molecule has 0 radical (unpaired) electrons. The molecule has 0 aromatic heterocycles. The van der Waals surface area contributed by atoms with Gasteiger partial charge in [0, 0.05) is 0 Å². The normalized spacial score (nSPS) is 18.8. The maximum absolute atomic E-state index is 5.91. The fourth-order valence-electron chi connectivity index (χ4n) is 2.22. The monoisotopic (exact) mass is 192 g/mol. The second kappa shape index (κ2) is 2.69. The Bertz CT molecular complexity index is 355. The van der Waals surface area contributed by atoms with Gasteiger partial charge in [0.2, 0.25) is 8.32 Å². The predicted molar refractivity (Wildman–Crippen MR) is 57.8 cm³/mol. The molecule has 0 aliphatic carbocycles. The molecule has 70 valence electrons.